The van der Waals surface area contributed by atoms with Crippen molar-refractivity contribution in [2.24, 2.45) is 0 Å². The van der Waals surface area contributed by atoms with Crippen LogP contribution in [0.1, 0.15) is 27.9 Å². The molecule has 0 saturated carbocycles. The third-order valence-electron chi connectivity index (χ3n) is 3.54. The number of Topliss-reactive ketones (excluding diaryl/α,β-unsaturated/α-hetero) is 1. The van der Waals surface area contributed by atoms with Crippen LogP contribution in [0, 0.1) is 0 Å². The summed E-state index contributed by atoms with van der Waals surface area (Å²) in [7, 11) is 1.64. The van der Waals surface area contributed by atoms with Crippen molar-refractivity contribution >= 4 is 5.78 Å². The highest BCUT2D eigenvalue weighted by Gasteiger charge is 2.19. The monoisotopic (exact) mass is 268 g/mol. The Balaban J connectivity index is 1.72. The fourth-order valence-corrected chi connectivity index (χ4v) is 2.43. The fraction of sp³-hybridized carbons (Fsp3) is 0.235. The molecule has 0 heterocycles. The number of carbonyl (C=O) groups excluding carboxylic acids is 1. The van der Waals surface area contributed by atoms with Gasteiger partial charge in [-0.15, -0.1) is 0 Å². The van der Waals surface area contributed by atoms with Crippen LogP contribution >= 0.6 is 0 Å². The molecule has 20 heavy (non-hydrogen) atoms. The van der Waals surface area contributed by atoms with E-state index in [0.29, 0.717) is 13.0 Å². The molecule has 2 aromatic carbocycles. The first-order chi connectivity index (χ1) is 9.76. The summed E-state index contributed by atoms with van der Waals surface area (Å²) >= 11 is 0. The van der Waals surface area contributed by atoms with Crippen molar-refractivity contribution in [3.05, 3.63) is 59.2 Å². The van der Waals surface area contributed by atoms with Crippen molar-refractivity contribution in [1.29, 1.82) is 0 Å². The summed E-state index contributed by atoms with van der Waals surface area (Å²) in [6.45, 7) is 0.462. The van der Waals surface area contributed by atoms with Gasteiger partial charge >= 0.3 is 0 Å². The highest BCUT2D eigenvalue weighted by molar-refractivity contribution is 6.00. The van der Waals surface area contributed by atoms with E-state index in [1.807, 2.05) is 42.5 Å². The van der Waals surface area contributed by atoms with Crippen LogP contribution in [0.25, 0.3) is 0 Å². The number of rotatable bonds is 4. The molecule has 0 spiro atoms. The highest BCUT2D eigenvalue weighted by Crippen LogP contribution is 2.26. The van der Waals surface area contributed by atoms with E-state index >= 15 is 0 Å². The average molecular weight is 268 g/mol. The zero-order valence-corrected chi connectivity index (χ0v) is 11.4. The molecule has 0 aromatic heterocycles. The molecule has 1 aliphatic rings. The van der Waals surface area contributed by atoms with Gasteiger partial charge in [0.05, 0.1) is 7.11 Å². The van der Waals surface area contributed by atoms with Crippen LogP contribution in [-0.2, 0) is 13.0 Å². The van der Waals surface area contributed by atoms with Gasteiger partial charge in [0, 0.05) is 12.0 Å². The van der Waals surface area contributed by atoms with Crippen molar-refractivity contribution < 1.29 is 14.3 Å². The second-order valence-electron chi connectivity index (χ2n) is 4.88. The van der Waals surface area contributed by atoms with E-state index in [2.05, 4.69) is 0 Å². The van der Waals surface area contributed by atoms with Gasteiger partial charge in [-0.2, -0.15) is 0 Å². The average Bonchev–Trinajstić information content (AvgIpc) is 2.86. The van der Waals surface area contributed by atoms with E-state index in [0.717, 1.165) is 34.6 Å². The summed E-state index contributed by atoms with van der Waals surface area (Å²) in [5.74, 6) is 1.77. The maximum atomic E-state index is 11.7. The van der Waals surface area contributed by atoms with Gasteiger partial charge in [0.25, 0.3) is 0 Å². The first-order valence-electron chi connectivity index (χ1n) is 6.68. The number of methoxy groups -OCH3 is 1. The molecular weight excluding hydrogens is 252 g/mol. The van der Waals surface area contributed by atoms with Crippen LogP contribution in [0.3, 0.4) is 0 Å². The first-order valence-corrected chi connectivity index (χ1v) is 6.68. The maximum Gasteiger partial charge on any atom is 0.163 e. The molecule has 2 aromatic rings. The van der Waals surface area contributed by atoms with Crippen LogP contribution < -0.4 is 9.47 Å². The van der Waals surface area contributed by atoms with Gasteiger partial charge in [-0.25, -0.2) is 0 Å². The topological polar surface area (TPSA) is 35.5 Å². The minimum atomic E-state index is 0.215. The quantitative estimate of drug-likeness (QED) is 0.852. The molecule has 0 unspecified atom stereocenters. The lowest BCUT2D eigenvalue weighted by Gasteiger charge is -2.09. The first kappa shape index (κ1) is 12.7. The lowest BCUT2D eigenvalue weighted by Crippen LogP contribution is -1.98. The smallest absolute Gasteiger partial charge is 0.163 e. The summed E-state index contributed by atoms with van der Waals surface area (Å²) in [5.41, 5.74) is 2.98. The normalized spacial score (nSPS) is 13.2. The molecule has 0 saturated heterocycles. The van der Waals surface area contributed by atoms with Crippen LogP contribution in [0.4, 0.5) is 0 Å². The van der Waals surface area contributed by atoms with Gasteiger partial charge in [0.1, 0.15) is 18.1 Å². The van der Waals surface area contributed by atoms with E-state index in [-0.39, 0.29) is 5.78 Å². The molecule has 0 amide bonds. The van der Waals surface area contributed by atoms with Gasteiger partial charge in [0.2, 0.25) is 0 Å². The molecule has 102 valence electrons. The van der Waals surface area contributed by atoms with Crippen molar-refractivity contribution in [3.63, 3.8) is 0 Å². The Morgan fingerprint density at radius 1 is 1.05 bits per heavy atom. The number of ether oxygens (including phenoxy) is 2. The van der Waals surface area contributed by atoms with E-state index < -0.39 is 0 Å². The summed E-state index contributed by atoms with van der Waals surface area (Å²) < 4.78 is 10.9. The summed E-state index contributed by atoms with van der Waals surface area (Å²) in [6, 6.07) is 13.5. The highest BCUT2D eigenvalue weighted by atomic mass is 16.5. The third kappa shape index (κ3) is 2.52. The molecule has 0 fully saturated rings. The van der Waals surface area contributed by atoms with Crippen LogP contribution in [0.15, 0.2) is 42.5 Å². The molecule has 3 heteroatoms. The molecule has 1 aliphatic carbocycles. The summed E-state index contributed by atoms with van der Waals surface area (Å²) in [6.07, 6.45) is 1.47. The Morgan fingerprint density at radius 3 is 2.80 bits per heavy atom. The molecule has 3 rings (SSSR count). The van der Waals surface area contributed by atoms with Gasteiger partial charge in [-0.1, -0.05) is 18.2 Å². The Hall–Kier alpha value is -2.29. The van der Waals surface area contributed by atoms with E-state index in [1.54, 1.807) is 7.11 Å². The van der Waals surface area contributed by atoms with E-state index in [1.165, 1.54) is 0 Å². The number of fused-ring (bicyclic) bond motifs is 1. The second kappa shape index (κ2) is 5.37. The Labute approximate surface area is 118 Å². The van der Waals surface area contributed by atoms with Crippen LogP contribution in [0.5, 0.6) is 11.5 Å². The zero-order chi connectivity index (χ0) is 13.9. The standard InChI is InChI=1S/C17H16O3/c1-19-14-4-2-3-12(9-14)11-20-15-7-5-13-6-8-17(18)16(13)10-15/h2-5,7,9-10H,6,8,11H2,1H3. The number of carbonyl (C=O) groups is 1. The maximum absolute atomic E-state index is 11.7. The minimum absolute atomic E-state index is 0.215. The van der Waals surface area contributed by atoms with Crippen LogP contribution in [0.2, 0.25) is 0 Å². The number of ketones is 1. The fourth-order valence-electron chi connectivity index (χ4n) is 2.43. The second-order valence-corrected chi connectivity index (χ2v) is 4.88. The number of hydrogen-bond acceptors (Lipinski definition) is 3. The predicted molar refractivity (Wildman–Crippen MR) is 76.4 cm³/mol. The van der Waals surface area contributed by atoms with E-state index in [4.69, 9.17) is 9.47 Å². The number of benzene rings is 2. The zero-order valence-electron chi connectivity index (χ0n) is 11.4. The van der Waals surface area contributed by atoms with Crippen molar-refractivity contribution in [2.75, 3.05) is 7.11 Å². The van der Waals surface area contributed by atoms with Crippen molar-refractivity contribution in [2.45, 2.75) is 19.4 Å². The summed E-state index contributed by atoms with van der Waals surface area (Å²) in [4.78, 5) is 11.7. The molecule has 0 radical (unpaired) electrons. The van der Waals surface area contributed by atoms with Crippen molar-refractivity contribution in [3.8, 4) is 11.5 Å². The molecule has 0 aliphatic heterocycles. The molecule has 3 nitrogen and oxygen atoms in total. The Bertz CT molecular complexity index is 646. The SMILES string of the molecule is COc1cccc(COc2ccc3c(c2)C(=O)CC3)c1. The molecule has 0 bridgehead atoms. The largest absolute Gasteiger partial charge is 0.497 e. The predicted octanol–water partition coefficient (Wildman–Crippen LogP) is 3.40. The minimum Gasteiger partial charge on any atom is -0.497 e. The number of hydrogen-bond donors (Lipinski definition) is 0. The molecular formula is C17H16O3. The molecule has 0 atom stereocenters. The van der Waals surface area contributed by atoms with Gasteiger partial charge < -0.3 is 9.47 Å². The number of aryl methyl sites for hydroxylation is 1. The lowest BCUT2D eigenvalue weighted by atomic mass is 10.1. The van der Waals surface area contributed by atoms with Gasteiger partial charge in [-0.3, -0.25) is 4.79 Å². The van der Waals surface area contributed by atoms with Crippen molar-refractivity contribution in [1.82, 2.24) is 0 Å². The van der Waals surface area contributed by atoms with Gasteiger partial charge in [-0.05, 0) is 41.8 Å². The summed E-state index contributed by atoms with van der Waals surface area (Å²) in [5, 5.41) is 0. The Morgan fingerprint density at radius 2 is 1.95 bits per heavy atom. The lowest BCUT2D eigenvalue weighted by molar-refractivity contribution is 0.0994. The van der Waals surface area contributed by atoms with E-state index in [9.17, 15) is 4.79 Å². The third-order valence-corrected chi connectivity index (χ3v) is 3.54. The van der Waals surface area contributed by atoms with Gasteiger partial charge in [0.15, 0.2) is 5.78 Å². The van der Waals surface area contributed by atoms with Crippen LogP contribution in [-0.4, -0.2) is 12.9 Å². The Kier molecular flexibility index (Phi) is 3.42. The molecule has 0 N–H and O–H groups in total.